The van der Waals surface area contributed by atoms with Crippen LogP contribution in [-0.4, -0.2) is 22.1 Å². The molecule has 0 saturated heterocycles. The third-order valence-electron chi connectivity index (χ3n) is 1.78. The lowest BCUT2D eigenvalue weighted by molar-refractivity contribution is 0.340. The van der Waals surface area contributed by atoms with Gasteiger partial charge >= 0.3 is 0 Å². The van der Waals surface area contributed by atoms with E-state index in [1.54, 1.807) is 18.2 Å². The van der Waals surface area contributed by atoms with Crippen molar-refractivity contribution >= 4 is 22.9 Å². The second kappa shape index (κ2) is 5.43. The Kier molecular flexibility index (Phi) is 4.20. The maximum Gasteiger partial charge on any atom is 0.0918 e. The SMILES string of the molecule is COC=C(C=N)c1ccccc1S(=O)[O-]. The summed E-state index contributed by atoms with van der Waals surface area (Å²) in [6.45, 7) is 0. The van der Waals surface area contributed by atoms with Gasteiger partial charge in [0.1, 0.15) is 0 Å². The zero-order valence-corrected chi connectivity index (χ0v) is 8.91. The predicted molar refractivity (Wildman–Crippen MR) is 57.4 cm³/mol. The fraction of sp³-hybridized carbons (Fsp3) is 0.100. The molecule has 0 spiro atoms. The second-order valence-corrected chi connectivity index (χ2v) is 3.59. The van der Waals surface area contributed by atoms with Gasteiger partial charge in [-0.1, -0.05) is 18.2 Å². The van der Waals surface area contributed by atoms with Gasteiger partial charge < -0.3 is 14.7 Å². The fourth-order valence-corrected chi connectivity index (χ4v) is 1.71. The van der Waals surface area contributed by atoms with Gasteiger partial charge in [0.05, 0.1) is 13.4 Å². The summed E-state index contributed by atoms with van der Waals surface area (Å²) in [6, 6.07) is 6.44. The van der Waals surface area contributed by atoms with Crippen LogP contribution in [0.5, 0.6) is 0 Å². The second-order valence-electron chi connectivity index (χ2n) is 2.68. The Bertz CT molecular complexity index is 415. The molecule has 4 nitrogen and oxygen atoms in total. The molecule has 0 fully saturated rings. The molecule has 1 unspecified atom stereocenters. The molecule has 1 N–H and O–H groups in total. The largest absolute Gasteiger partial charge is 0.768 e. The van der Waals surface area contributed by atoms with Crippen molar-refractivity contribution < 1.29 is 13.5 Å². The molecule has 0 bridgehead atoms. The standard InChI is InChI=1S/C10H11NO3S/c1-14-7-8(6-11)9-4-2-3-5-10(9)15(12)13/h2-7,11H,1H3,(H,12,13)/p-1. The molecule has 0 amide bonds. The highest BCUT2D eigenvalue weighted by Crippen LogP contribution is 2.20. The average molecular weight is 224 g/mol. The van der Waals surface area contributed by atoms with Gasteiger partial charge in [-0.05, 0) is 17.1 Å². The van der Waals surface area contributed by atoms with Crippen molar-refractivity contribution in [1.82, 2.24) is 0 Å². The number of ether oxygens (including phenoxy) is 1. The monoisotopic (exact) mass is 224 g/mol. The molecule has 0 aromatic heterocycles. The van der Waals surface area contributed by atoms with E-state index in [0.29, 0.717) is 11.1 Å². The average Bonchev–Trinajstić information content (AvgIpc) is 2.26. The normalized spacial score (nSPS) is 13.3. The molecule has 0 aliphatic carbocycles. The Balaban J connectivity index is 3.29. The van der Waals surface area contributed by atoms with E-state index in [-0.39, 0.29) is 4.90 Å². The van der Waals surface area contributed by atoms with Crippen LogP contribution in [0, 0.1) is 5.41 Å². The summed E-state index contributed by atoms with van der Waals surface area (Å²) in [5.41, 5.74) is 0.875. The topological polar surface area (TPSA) is 73.2 Å². The van der Waals surface area contributed by atoms with Crippen molar-refractivity contribution in [3.63, 3.8) is 0 Å². The van der Waals surface area contributed by atoms with Crippen LogP contribution in [0.15, 0.2) is 35.4 Å². The Hall–Kier alpha value is -1.46. The number of hydrogen-bond acceptors (Lipinski definition) is 4. The van der Waals surface area contributed by atoms with Crippen molar-refractivity contribution in [2.24, 2.45) is 0 Å². The molecule has 1 atom stereocenters. The molecule has 0 radical (unpaired) electrons. The van der Waals surface area contributed by atoms with E-state index in [9.17, 15) is 8.76 Å². The van der Waals surface area contributed by atoms with E-state index in [2.05, 4.69) is 0 Å². The highest BCUT2D eigenvalue weighted by atomic mass is 32.2. The maximum absolute atomic E-state index is 10.9. The van der Waals surface area contributed by atoms with E-state index in [1.807, 2.05) is 0 Å². The lowest BCUT2D eigenvalue weighted by Crippen LogP contribution is -1.97. The van der Waals surface area contributed by atoms with Gasteiger partial charge in [-0.15, -0.1) is 0 Å². The maximum atomic E-state index is 10.9. The summed E-state index contributed by atoms with van der Waals surface area (Å²) in [5, 5.41) is 7.16. The van der Waals surface area contributed by atoms with Crippen LogP contribution >= 0.6 is 0 Å². The molecule has 1 aromatic carbocycles. The predicted octanol–water partition coefficient (Wildman–Crippen LogP) is 1.56. The summed E-state index contributed by atoms with van der Waals surface area (Å²) in [6.07, 6.45) is 2.38. The van der Waals surface area contributed by atoms with Gasteiger partial charge in [-0.3, -0.25) is 4.21 Å². The molecule has 15 heavy (non-hydrogen) atoms. The third-order valence-corrected chi connectivity index (χ3v) is 2.49. The van der Waals surface area contributed by atoms with Crippen molar-refractivity contribution in [2.75, 3.05) is 7.11 Å². The minimum atomic E-state index is -2.32. The Morgan fingerprint density at radius 3 is 2.73 bits per heavy atom. The van der Waals surface area contributed by atoms with Crippen molar-refractivity contribution in [1.29, 1.82) is 5.41 Å². The van der Waals surface area contributed by atoms with Gasteiger partial charge in [0.25, 0.3) is 0 Å². The quantitative estimate of drug-likeness (QED) is 0.479. The highest BCUT2D eigenvalue weighted by Gasteiger charge is 2.05. The molecular formula is C10H10NO3S-. The van der Waals surface area contributed by atoms with Crippen LogP contribution in [0.4, 0.5) is 0 Å². The van der Waals surface area contributed by atoms with E-state index >= 15 is 0 Å². The Labute approximate surface area is 90.4 Å². The summed E-state index contributed by atoms with van der Waals surface area (Å²) in [7, 11) is 1.44. The van der Waals surface area contributed by atoms with Crippen molar-refractivity contribution in [3.8, 4) is 0 Å². The van der Waals surface area contributed by atoms with Crippen LogP contribution in [0.3, 0.4) is 0 Å². The zero-order valence-electron chi connectivity index (χ0n) is 8.10. The van der Waals surface area contributed by atoms with Crippen LogP contribution in [0.2, 0.25) is 0 Å². The first-order valence-corrected chi connectivity index (χ1v) is 5.20. The van der Waals surface area contributed by atoms with Gasteiger partial charge in [-0.2, -0.15) is 0 Å². The van der Waals surface area contributed by atoms with Gasteiger partial charge in [0, 0.05) is 22.2 Å². The number of hydrogen-bond donors (Lipinski definition) is 1. The van der Waals surface area contributed by atoms with E-state index in [0.717, 1.165) is 6.21 Å². The number of rotatable bonds is 4. The number of benzene rings is 1. The molecule has 1 rings (SSSR count). The molecule has 0 aliphatic heterocycles. The summed E-state index contributed by atoms with van der Waals surface area (Å²) < 4.78 is 26.6. The Morgan fingerprint density at radius 2 is 2.20 bits per heavy atom. The van der Waals surface area contributed by atoms with Crippen LogP contribution in [0.1, 0.15) is 5.56 Å². The van der Waals surface area contributed by atoms with E-state index < -0.39 is 11.1 Å². The first kappa shape index (κ1) is 11.6. The Morgan fingerprint density at radius 1 is 1.53 bits per heavy atom. The summed E-state index contributed by atoms with van der Waals surface area (Å²) in [5.74, 6) is 0. The molecule has 1 aromatic rings. The zero-order chi connectivity index (χ0) is 11.3. The summed E-state index contributed by atoms with van der Waals surface area (Å²) in [4.78, 5) is 0.157. The van der Waals surface area contributed by atoms with Crippen LogP contribution in [0.25, 0.3) is 5.57 Å². The van der Waals surface area contributed by atoms with Crippen molar-refractivity contribution in [3.05, 3.63) is 36.1 Å². The van der Waals surface area contributed by atoms with Crippen molar-refractivity contribution in [2.45, 2.75) is 4.90 Å². The molecule has 80 valence electrons. The number of allylic oxidation sites excluding steroid dienone is 1. The molecule has 0 heterocycles. The third kappa shape index (κ3) is 2.74. The molecule has 5 heteroatoms. The van der Waals surface area contributed by atoms with Gasteiger partial charge in [0.15, 0.2) is 0 Å². The molecule has 0 saturated carbocycles. The van der Waals surface area contributed by atoms with Crippen LogP contribution in [-0.2, 0) is 15.8 Å². The smallest absolute Gasteiger partial charge is 0.0918 e. The van der Waals surface area contributed by atoms with Gasteiger partial charge in [-0.25, -0.2) is 0 Å². The highest BCUT2D eigenvalue weighted by molar-refractivity contribution is 7.79. The van der Waals surface area contributed by atoms with Crippen LogP contribution < -0.4 is 0 Å². The summed E-state index contributed by atoms with van der Waals surface area (Å²) >= 11 is -2.32. The first-order chi connectivity index (χ1) is 7.20. The number of methoxy groups -OCH3 is 1. The lowest BCUT2D eigenvalue weighted by atomic mass is 10.1. The molecular weight excluding hydrogens is 214 g/mol. The van der Waals surface area contributed by atoms with E-state index in [1.165, 1.54) is 19.4 Å². The number of nitrogens with one attached hydrogen (secondary N) is 1. The first-order valence-electron chi connectivity index (χ1n) is 4.12. The fourth-order valence-electron chi connectivity index (χ4n) is 1.15. The van der Waals surface area contributed by atoms with E-state index in [4.69, 9.17) is 10.1 Å². The minimum absolute atomic E-state index is 0.157. The minimum Gasteiger partial charge on any atom is -0.768 e. The molecule has 0 aliphatic rings. The van der Waals surface area contributed by atoms with Gasteiger partial charge in [0.2, 0.25) is 0 Å². The lowest BCUT2D eigenvalue weighted by Gasteiger charge is -2.11.